The molecule has 0 bridgehead atoms. The number of carbonyl (C=O) groups excluding carboxylic acids is 1. The average Bonchev–Trinajstić information content (AvgIpc) is 2.83. The maximum atomic E-state index is 13.2. The van der Waals surface area contributed by atoms with Gasteiger partial charge in [0.25, 0.3) is 11.2 Å². The van der Waals surface area contributed by atoms with Crippen molar-refractivity contribution in [3.8, 4) is 11.4 Å². The Hall–Kier alpha value is -4.32. The van der Waals surface area contributed by atoms with Gasteiger partial charge in [-0.1, -0.05) is 23.9 Å². The van der Waals surface area contributed by atoms with Gasteiger partial charge < -0.3 is 10.1 Å². The highest BCUT2D eigenvalue weighted by molar-refractivity contribution is 7.99. The number of para-hydroxylation sites is 1. The summed E-state index contributed by atoms with van der Waals surface area (Å²) >= 11 is 1.00. The van der Waals surface area contributed by atoms with Gasteiger partial charge in [-0.3, -0.25) is 24.3 Å². The van der Waals surface area contributed by atoms with Gasteiger partial charge in [-0.2, -0.15) is 8.78 Å². The lowest BCUT2D eigenvalue weighted by Gasteiger charge is -2.14. The number of carbonyl (C=O) groups is 1. The zero-order chi connectivity index (χ0) is 24.9. The largest absolute Gasteiger partial charge is 0.435 e. The van der Waals surface area contributed by atoms with E-state index in [2.05, 4.69) is 15.0 Å². The van der Waals surface area contributed by atoms with E-state index in [9.17, 15) is 28.5 Å². The van der Waals surface area contributed by atoms with Crippen molar-refractivity contribution in [2.45, 2.75) is 11.8 Å². The molecule has 0 atom stereocenters. The Kier molecular flexibility index (Phi) is 7.01. The normalized spacial score (nSPS) is 10.9. The number of anilines is 1. The van der Waals surface area contributed by atoms with Crippen molar-refractivity contribution >= 4 is 39.9 Å². The SMILES string of the molecule is O=C(CSc1nc2ccccc2c(=O)n1-c1ccc(OC(F)F)cc1)Nc1ccc([N+](=O)[O-])cc1. The number of hydrogen-bond donors (Lipinski definition) is 1. The number of halogens is 2. The van der Waals surface area contributed by atoms with Crippen molar-refractivity contribution < 1.29 is 23.2 Å². The van der Waals surface area contributed by atoms with Crippen LogP contribution in [0.15, 0.2) is 82.7 Å². The van der Waals surface area contributed by atoms with Gasteiger partial charge in [0.15, 0.2) is 5.16 Å². The van der Waals surface area contributed by atoms with E-state index in [0.29, 0.717) is 22.3 Å². The van der Waals surface area contributed by atoms with Crippen molar-refractivity contribution in [1.82, 2.24) is 9.55 Å². The molecular formula is C23H16F2N4O5S. The number of ether oxygens (including phenoxy) is 1. The number of nitrogens with one attached hydrogen (secondary N) is 1. The minimum absolute atomic E-state index is 0.0674. The quantitative estimate of drug-likeness (QED) is 0.163. The number of non-ortho nitro benzene ring substituents is 1. The lowest BCUT2D eigenvalue weighted by Crippen LogP contribution is -2.23. The zero-order valence-electron chi connectivity index (χ0n) is 17.8. The van der Waals surface area contributed by atoms with E-state index < -0.39 is 23.0 Å². The number of nitro benzene ring substituents is 1. The number of nitro groups is 1. The summed E-state index contributed by atoms with van der Waals surface area (Å²) in [4.78, 5) is 40.5. The van der Waals surface area contributed by atoms with Crippen LogP contribution in [0.1, 0.15) is 0 Å². The van der Waals surface area contributed by atoms with Crippen LogP contribution >= 0.6 is 11.8 Å². The smallest absolute Gasteiger partial charge is 0.387 e. The van der Waals surface area contributed by atoms with Crippen LogP contribution in [-0.4, -0.2) is 32.7 Å². The highest BCUT2D eigenvalue weighted by Gasteiger charge is 2.16. The lowest BCUT2D eigenvalue weighted by molar-refractivity contribution is -0.384. The molecule has 0 saturated heterocycles. The average molecular weight is 498 g/mol. The van der Waals surface area contributed by atoms with Gasteiger partial charge in [0.2, 0.25) is 5.91 Å². The second-order valence-corrected chi connectivity index (χ2v) is 8.01. The van der Waals surface area contributed by atoms with Crippen molar-refractivity contribution in [3.63, 3.8) is 0 Å². The van der Waals surface area contributed by atoms with Gasteiger partial charge in [0.1, 0.15) is 5.75 Å². The fourth-order valence-electron chi connectivity index (χ4n) is 3.21. The molecule has 0 unspecified atom stereocenters. The van der Waals surface area contributed by atoms with Crippen LogP contribution in [0.25, 0.3) is 16.6 Å². The molecule has 178 valence electrons. The third kappa shape index (κ3) is 5.61. The minimum Gasteiger partial charge on any atom is -0.435 e. The summed E-state index contributed by atoms with van der Waals surface area (Å²) in [6, 6.07) is 17.6. The second-order valence-electron chi connectivity index (χ2n) is 7.07. The molecule has 0 saturated carbocycles. The molecule has 0 aliphatic carbocycles. The van der Waals surface area contributed by atoms with Gasteiger partial charge in [-0.15, -0.1) is 0 Å². The molecule has 35 heavy (non-hydrogen) atoms. The second kappa shape index (κ2) is 10.3. The van der Waals surface area contributed by atoms with E-state index in [4.69, 9.17) is 0 Å². The highest BCUT2D eigenvalue weighted by Crippen LogP contribution is 2.24. The molecule has 1 N–H and O–H groups in total. The number of hydrogen-bond acceptors (Lipinski definition) is 7. The fraction of sp³-hybridized carbons (Fsp3) is 0.0870. The van der Waals surface area contributed by atoms with E-state index in [1.807, 2.05) is 0 Å². The number of benzene rings is 3. The van der Waals surface area contributed by atoms with Crippen molar-refractivity contribution in [2.24, 2.45) is 0 Å². The topological polar surface area (TPSA) is 116 Å². The van der Waals surface area contributed by atoms with Crippen LogP contribution in [0, 0.1) is 10.1 Å². The Balaban J connectivity index is 1.60. The molecule has 4 aromatic rings. The van der Waals surface area contributed by atoms with E-state index in [1.165, 1.54) is 53.1 Å². The molecule has 3 aromatic carbocycles. The molecule has 0 aliphatic rings. The summed E-state index contributed by atoms with van der Waals surface area (Å²) in [7, 11) is 0. The first-order valence-corrected chi connectivity index (χ1v) is 11.0. The van der Waals surface area contributed by atoms with Crippen LogP contribution < -0.4 is 15.6 Å². The summed E-state index contributed by atoms with van der Waals surface area (Å²) in [5.41, 5.74) is 0.667. The highest BCUT2D eigenvalue weighted by atomic mass is 32.2. The van der Waals surface area contributed by atoms with E-state index in [1.54, 1.807) is 24.3 Å². The van der Waals surface area contributed by atoms with Gasteiger partial charge >= 0.3 is 6.61 Å². The molecule has 0 spiro atoms. The summed E-state index contributed by atoms with van der Waals surface area (Å²) in [5, 5.41) is 14.0. The summed E-state index contributed by atoms with van der Waals surface area (Å²) in [6.07, 6.45) is 0. The molecule has 0 fully saturated rings. The summed E-state index contributed by atoms with van der Waals surface area (Å²) in [6.45, 7) is -2.98. The Bertz CT molecular complexity index is 1440. The number of thioether (sulfide) groups is 1. The molecule has 0 radical (unpaired) electrons. The maximum Gasteiger partial charge on any atom is 0.387 e. The van der Waals surface area contributed by atoms with Crippen LogP contribution in [0.4, 0.5) is 20.2 Å². The molecule has 4 rings (SSSR count). The van der Waals surface area contributed by atoms with Crippen LogP contribution in [0.2, 0.25) is 0 Å². The summed E-state index contributed by atoms with van der Waals surface area (Å²) in [5.74, 6) is -0.602. The fourth-order valence-corrected chi connectivity index (χ4v) is 4.02. The Morgan fingerprint density at radius 1 is 1.09 bits per heavy atom. The molecule has 12 heteroatoms. The predicted octanol–water partition coefficient (Wildman–Crippen LogP) is 4.63. The maximum absolute atomic E-state index is 13.2. The number of nitrogens with zero attached hydrogens (tertiary/aromatic N) is 3. The third-order valence-electron chi connectivity index (χ3n) is 4.76. The third-order valence-corrected chi connectivity index (χ3v) is 5.70. The molecule has 1 heterocycles. The first kappa shape index (κ1) is 23.8. The minimum atomic E-state index is -2.98. The van der Waals surface area contributed by atoms with E-state index >= 15 is 0 Å². The Morgan fingerprint density at radius 2 is 1.77 bits per heavy atom. The van der Waals surface area contributed by atoms with Crippen LogP contribution in [-0.2, 0) is 4.79 Å². The standard InChI is InChI=1S/C23H16F2N4O5S/c24-22(25)34-17-11-9-15(10-12-17)28-21(31)18-3-1-2-4-19(18)27-23(28)35-13-20(30)26-14-5-7-16(8-6-14)29(32)33/h1-12,22H,13H2,(H,26,30). The molecule has 1 amide bonds. The number of rotatable bonds is 8. The van der Waals surface area contributed by atoms with Crippen LogP contribution in [0.3, 0.4) is 0 Å². The van der Waals surface area contributed by atoms with Gasteiger partial charge in [-0.25, -0.2) is 4.98 Å². The number of amides is 1. The van der Waals surface area contributed by atoms with Gasteiger partial charge in [0.05, 0.1) is 27.3 Å². The van der Waals surface area contributed by atoms with Crippen molar-refractivity contribution in [3.05, 3.63) is 93.3 Å². The lowest BCUT2D eigenvalue weighted by atomic mass is 10.2. The van der Waals surface area contributed by atoms with Gasteiger partial charge in [-0.05, 0) is 48.5 Å². The predicted molar refractivity (Wildman–Crippen MR) is 126 cm³/mol. The molecule has 0 aliphatic heterocycles. The van der Waals surface area contributed by atoms with Gasteiger partial charge in [0, 0.05) is 17.8 Å². The monoisotopic (exact) mass is 498 g/mol. The molecule has 9 nitrogen and oxygen atoms in total. The first-order chi connectivity index (χ1) is 16.8. The molecule has 1 aromatic heterocycles. The van der Waals surface area contributed by atoms with E-state index in [0.717, 1.165) is 11.8 Å². The van der Waals surface area contributed by atoms with Crippen molar-refractivity contribution in [2.75, 3.05) is 11.1 Å². The number of alkyl halides is 2. The zero-order valence-corrected chi connectivity index (χ0v) is 18.6. The first-order valence-electron chi connectivity index (χ1n) is 10.1. The van der Waals surface area contributed by atoms with Crippen LogP contribution in [0.5, 0.6) is 5.75 Å². The summed E-state index contributed by atoms with van der Waals surface area (Å²) < 4.78 is 30.6. The van der Waals surface area contributed by atoms with E-state index in [-0.39, 0.29) is 22.3 Å². The Labute approximate surface area is 200 Å². The molecular weight excluding hydrogens is 482 g/mol. The number of aromatic nitrogens is 2. The number of fused-ring (bicyclic) bond motifs is 1. The van der Waals surface area contributed by atoms with Crippen molar-refractivity contribution in [1.29, 1.82) is 0 Å². The Morgan fingerprint density at radius 3 is 2.43 bits per heavy atom.